The van der Waals surface area contributed by atoms with Gasteiger partial charge in [-0.3, -0.25) is 0 Å². The maximum Gasteiger partial charge on any atom is 0.191 e. The van der Waals surface area contributed by atoms with Crippen molar-refractivity contribution in [2.45, 2.75) is 53.2 Å². The predicted molar refractivity (Wildman–Crippen MR) is 127 cm³/mol. The molecule has 1 aromatic carbocycles. The summed E-state index contributed by atoms with van der Waals surface area (Å²) in [6.07, 6.45) is 1.83. The standard InChI is InChI=1S/C20H33N3O3S.HI/c1-5-16(4)26-19-11-15(3)7-8-18(19)13-23-20(21-6-2)22-12-17-9-10-27(24,25)14-17;/h7-8,11,16-17H,5-6,9-10,12-14H2,1-4H3,(H2,21,22,23);1H. The number of nitrogens with one attached hydrogen (secondary N) is 2. The second-order valence-corrected chi connectivity index (χ2v) is 9.52. The van der Waals surface area contributed by atoms with Gasteiger partial charge in [0.25, 0.3) is 0 Å². The fourth-order valence-electron chi connectivity index (χ4n) is 2.98. The first-order valence-corrected chi connectivity index (χ1v) is 11.6. The molecule has 2 rings (SSSR count). The van der Waals surface area contributed by atoms with Gasteiger partial charge in [-0.15, -0.1) is 24.0 Å². The molecule has 0 spiro atoms. The molecule has 0 saturated carbocycles. The van der Waals surface area contributed by atoms with Crippen molar-refractivity contribution in [3.05, 3.63) is 29.3 Å². The van der Waals surface area contributed by atoms with Gasteiger partial charge in [0.2, 0.25) is 0 Å². The highest BCUT2D eigenvalue weighted by molar-refractivity contribution is 14.0. The molecule has 0 aromatic heterocycles. The Bertz CT molecular complexity index is 753. The van der Waals surface area contributed by atoms with Crippen molar-refractivity contribution in [3.63, 3.8) is 0 Å². The average Bonchev–Trinajstić information content (AvgIpc) is 2.97. The fourth-order valence-corrected chi connectivity index (χ4v) is 4.84. The molecule has 0 radical (unpaired) electrons. The van der Waals surface area contributed by atoms with Crippen molar-refractivity contribution >= 4 is 39.8 Å². The molecule has 1 heterocycles. The van der Waals surface area contributed by atoms with Gasteiger partial charge < -0.3 is 15.4 Å². The maximum atomic E-state index is 11.6. The molecular formula is C20H34IN3O3S. The molecule has 1 aliphatic rings. The normalized spacial score (nSPS) is 19.6. The molecule has 1 fully saturated rings. The van der Waals surface area contributed by atoms with E-state index < -0.39 is 9.84 Å². The van der Waals surface area contributed by atoms with Crippen LogP contribution in [0.25, 0.3) is 0 Å². The van der Waals surface area contributed by atoms with E-state index in [1.165, 1.54) is 0 Å². The molecule has 28 heavy (non-hydrogen) atoms. The van der Waals surface area contributed by atoms with Crippen molar-refractivity contribution in [1.29, 1.82) is 0 Å². The molecule has 8 heteroatoms. The molecule has 2 unspecified atom stereocenters. The van der Waals surface area contributed by atoms with E-state index in [9.17, 15) is 8.42 Å². The lowest BCUT2D eigenvalue weighted by atomic mass is 10.1. The summed E-state index contributed by atoms with van der Waals surface area (Å²) < 4.78 is 29.3. The zero-order chi connectivity index (χ0) is 19.9. The molecule has 1 aliphatic heterocycles. The first kappa shape index (κ1) is 25.0. The number of ether oxygens (including phenoxy) is 1. The molecule has 0 aliphatic carbocycles. The highest BCUT2D eigenvalue weighted by Gasteiger charge is 2.27. The zero-order valence-corrected chi connectivity index (χ0v) is 20.5. The van der Waals surface area contributed by atoms with E-state index in [4.69, 9.17) is 4.74 Å². The third-order valence-corrected chi connectivity index (χ3v) is 6.60. The van der Waals surface area contributed by atoms with E-state index >= 15 is 0 Å². The molecule has 2 atom stereocenters. The quantitative estimate of drug-likeness (QED) is 0.311. The van der Waals surface area contributed by atoms with Crippen LogP contribution in [0.3, 0.4) is 0 Å². The monoisotopic (exact) mass is 523 g/mol. The van der Waals surface area contributed by atoms with Crippen LogP contribution in [0.15, 0.2) is 23.2 Å². The number of guanidine groups is 1. The summed E-state index contributed by atoms with van der Waals surface area (Å²) in [5.41, 5.74) is 2.20. The van der Waals surface area contributed by atoms with Crippen molar-refractivity contribution in [2.24, 2.45) is 10.9 Å². The number of aliphatic imine (C=N–C) groups is 1. The lowest BCUT2D eigenvalue weighted by Crippen LogP contribution is -2.40. The summed E-state index contributed by atoms with van der Waals surface area (Å²) in [6.45, 7) is 10.1. The van der Waals surface area contributed by atoms with Gasteiger partial charge in [0.05, 0.1) is 24.2 Å². The second kappa shape index (κ2) is 11.8. The van der Waals surface area contributed by atoms with Gasteiger partial charge in [0, 0.05) is 18.7 Å². The predicted octanol–water partition coefficient (Wildman–Crippen LogP) is 3.28. The smallest absolute Gasteiger partial charge is 0.191 e. The molecular weight excluding hydrogens is 489 g/mol. The molecule has 2 N–H and O–H groups in total. The highest BCUT2D eigenvalue weighted by Crippen LogP contribution is 2.23. The molecule has 0 amide bonds. The van der Waals surface area contributed by atoms with Gasteiger partial charge in [-0.2, -0.15) is 0 Å². The van der Waals surface area contributed by atoms with E-state index in [-0.39, 0.29) is 41.8 Å². The van der Waals surface area contributed by atoms with E-state index in [1.807, 2.05) is 6.92 Å². The van der Waals surface area contributed by atoms with E-state index in [2.05, 4.69) is 54.6 Å². The topological polar surface area (TPSA) is 79.8 Å². The van der Waals surface area contributed by atoms with Crippen molar-refractivity contribution in [2.75, 3.05) is 24.6 Å². The van der Waals surface area contributed by atoms with Gasteiger partial charge in [-0.1, -0.05) is 19.1 Å². The van der Waals surface area contributed by atoms with Crippen LogP contribution in [0.2, 0.25) is 0 Å². The van der Waals surface area contributed by atoms with Gasteiger partial charge in [-0.25, -0.2) is 13.4 Å². The number of rotatable bonds is 8. The third-order valence-electron chi connectivity index (χ3n) is 4.76. The Morgan fingerprint density at radius 3 is 2.68 bits per heavy atom. The van der Waals surface area contributed by atoms with Crippen LogP contribution >= 0.6 is 24.0 Å². The van der Waals surface area contributed by atoms with Crippen LogP contribution in [0.5, 0.6) is 5.75 Å². The summed E-state index contributed by atoms with van der Waals surface area (Å²) in [6, 6.07) is 6.18. The van der Waals surface area contributed by atoms with Crippen LogP contribution in [-0.2, 0) is 16.4 Å². The fraction of sp³-hybridized carbons (Fsp3) is 0.650. The van der Waals surface area contributed by atoms with E-state index in [1.54, 1.807) is 0 Å². The highest BCUT2D eigenvalue weighted by atomic mass is 127. The van der Waals surface area contributed by atoms with Gasteiger partial charge in [-0.05, 0) is 51.2 Å². The van der Waals surface area contributed by atoms with E-state index in [0.717, 1.165) is 36.3 Å². The number of aryl methyl sites for hydroxylation is 1. The second-order valence-electron chi connectivity index (χ2n) is 7.29. The molecule has 0 bridgehead atoms. The maximum absolute atomic E-state index is 11.6. The average molecular weight is 523 g/mol. The van der Waals surface area contributed by atoms with Crippen LogP contribution in [0.4, 0.5) is 0 Å². The Morgan fingerprint density at radius 2 is 2.07 bits per heavy atom. The Labute approximate surface area is 186 Å². The van der Waals surface area contributed by atoms with Gasteiger partial charge >= 0.3 is 0 Å². The SMILES string of the molecule is CCNC(=NCc1ccc(C)cc1OC(C)CC)NCC1CCS(=O)(=O)C1.I. The molecule has 160 valence electrons. The van der Waals surface area contributed by atoms with Crippen molar-refractivity contribution in [1.82, 2.24) is 10.6 Å². The summed E-state index contributed by atoms with van der Waals surface area (Å²) in [7, 11) is -2.85. The molecule has 1 aromatic rings. The minimum absolute atomic E-state index is 0. The minimum atomic E-state index is -2.85. The lowest BCUT2D eigenvalue weighted by molar-refractivity contribution is 0.215. The number of hydrogen-bond donors (Lipinski definition) is 2. The Kier molecular flexibility index (Phi) is 10.6. The van der Waals surface area contributed by atoms with E-state index in [0.29, 0.717) is 24.8 Å². The van der Waals surface area contributed by atoms with Crippen LogP contribution in [-0.4, -0.2) is 45.1 Å². The minimum Gasteiger partial charge on any atom is -0.490 e. The summed E-state index contributed by atoms with van der Waals surface area (Å²) in [5, 5.41) is 6.52. The first-order chi connectivity index (χ1) is 12.8. The molecule has 6 nitrogen and oxygen atoms in total. The van der Waals surface area contributed by atoms with Gasteiger partial charge in [0.1, 0.15) is 5.75 Å². The van der Waals surface area contributed by atoms with Crippen molar-refractivity contribution in [3.8, 4) is 5.75 Å². The number of hydrogen-bond acceptors (Lipinski definition) is 4. The Balaban J connectivity index is 0.00000392. The summed E-state index contributed by atoms with van der Waals surface area (Å²) in [5.74, 6) is 2.31. The Morgan fingerprint density at radius 1 is 1.32 bits per heavy atom. The Hall–Kier alpha value is -1.03. The molecule has 1 saturated heterocycles. The summed E-state index contributed by atoms with van der Waals surface area (Å²) >= 11 is 0. The first-order valence-electron chi connectivity index (χ1n) is 9.81. The lowest BCUT2D eigenvalue weighted by Gasteiger charge is -2.17. The van der Waals surface area contributed by atoms with Crippen LogP contribution in [0.1, 0.15) is 44.7 Å². The van der Waals surface area contributed by atoms with Crippen LogP contribution < -0.4 is 15.4 Å². The van der Waals surface area contributed by atoms with Gasteiger partial charge in [0.15, 0.2) is 15.8 Å². The number of nitrogens with zero attached hydrogens (tertiary/aromatic N) is 1. The third kappa shape index (κ3) is 8.14. The zero-order valence-electron chi connectivity index (χ0n) is 17.3. The summed E-state index contributed by atoms with van der Waals surface area (Å²) in [4.78, 5) is 4.67. The number of sulfone groups is 1. The number of halogens is 1. The largest absolute Gasteiger partial charge is 0.490 e. The number of benzene rings is 1. The van der Waals surface area contributed by atoms with Crippen molar-refractivity contribution < 1.29 is 13.2 Å². The van der Waals surface area contributed by atoms with Crippen LogP contribution in [0, 0.1) is 12.8 Å².